The maximum absolute atomic E-state index is 12.6. The lowest BCUT2D eigenvalue weighted by Crippen LogP contribution is -2.07. The third-order valence-electron chi connectivity index (χ3n) is 4.79. The van der Waals surface area contributed by atoms with Crippen LogP contribution in [0.15, 0.2) is 46.8 Å². The van der Waals surface area contributed by atoms with Crippen molar-refractivity contribution in [1.29, 1.82) is 0 Å². The number of aryl methyl sites for hydroxylation is 3. The van der Waals surface area contributed by atoms with Crippen molar-refractivity contribution in [3.8, 4) is 0 Å². The summed E-state index contributed by atoms with van der Waals surface area (Å²) < 4.78 is 0.803. The van der Waals surface area contributed by atoms with E-state index in [0.717, 1.165) is 39.1 Å². The Hall–Kier alpha value is -2.18. The lowest BCUT2D eigenvalue weighted by Gasteiger charge is -2.16. The Morgan fingerprint density at radius 1 is 1.11 bits per heavy atom. The third kappa shape index (κ3) is 4.39. The summed E-state index contributed by atoms with van der Waals surface area (Å²) in [7, 11) is 0. The van der Waals surface area contributed by atoms with Crippen LogP contribution in [-0.2, 0) is 12.8 Å². The molecule has 0 amide bonds. The van der Waals surface area contributed by atoms with Crippen molar-refractivity contribution >= 4 is 39.7 Å². The topological polar surface area (TPSA) is 54.9 Å². The summed E-state index contributed by atoms with van der Waals surface area (Å²) in [5.41, 5.74) is 5.74. The first-order valence-corrected chi connectivity index (χ1v) is 10.9. The fourth-order valence-electron chi connectivity index (χ4n) is 3.26. The van der Waals surface area contributed by atoms with Crippen LogP contribution in [0.1, 0.15) is 39.9 Å². The van der Waals surface area contributed by atoms with Crippen LogP contribution >= 0.6 is 23.1 Å². The van der Waals surface area contributed by atoms with E-state index in [0.29, 0.717) is 5.75 Å². The maximum Gasteiger partial charge on any atom is 0.210 e. The first-order valence-electron chi connectivity index (χ1n) is 9.13. The molecule has 1 N–H and O–H groups in total. The molecule has 0 bridgehead atoms. The van der Waals surface area contributed by atoms with E-state index in [-0.39, 0.29) is 5.78 Å². The molecule has 0 atom stereocenters. The summed E-state index contributed by atoms with van der Waals surface area (Å²) >= 11 is 2.93. The number of thioether (sulfide) groups is 1. The number of carbonyl (C=O) groups excluding carboxylic acids is 1. The molecule has 3 aromatic rings. The number of para-hydroxylation sites is 1. The normalized spacial score (nSPS) is 13.2. The summed E-state index contributed by atoms with van der Waals surface area (Å²) in [6, 6.07) is 14.2. The minimum absolute atomic E-state index is 0.150. The monoisotopic (exact) mass is 395 g/mol. The van der Waals surface area contributed by atoms with Crippen LogP contribution in [0.25, 0.3) is 0 Å². The molecule has 4 rings (SSSR count). The number of benzene rings is 2. The highest BCUT2D eigenvalue weighted by molar-refractivity contribution is 8.01. The zero-order valence-electron chi connectivity index (χ0n) is 15.2. The number of aromatic nitrogens is 2. The lowest BCUT2D eigenvalue weighted by atomic mass is 9.90. The van der Waals surface area contributed by atoms with Crippen LogP contribution in [-0.4, -0.2) is 21.7 Å². The summed E-state index contributed by atoms with van der Waals surface area (Å²) in [5, 5.41) is 12.4. The molecule has 4 nitrogen and oxygen atoms in total. The lowest BCUT2D eigenvalue weighted by molar-refractivity contribution is 0.102. The standard InChI is InChI=1S/C21H21N3OS2/c1-14-6-2-5-9-18(14)22-20-23-24-21(27-20)26-13-19(25)17-11-10-15-7-3-4-8-16(15)12-17/h2,5-6,9-12H,3-4,7-8,13H2,1H3,(H,22,23). The second kappa shape index (κ2) is 8.23. The Morgan fingerprint density at radius 2 is 1.93 bits per heavy atom. The summed E-state index contributed by atoms with van der Waals surface area (Å²) in [4.78, 5) is 12.6. The number of Topliss-reactive ketones (excluding diaryl/α,β-unsaturated/α-hetero) is 1. The van der Waals surface area contributed by atoms with Gasteiger partial charge in [0.15, 0.2) is 10.1 Å². The van der Waals surface area contributed by atoms with Crippen molar-refractivity contribution in [3.63, 3.8) is 0 Å². The van der Waals surface area contributed by atoms with Gasteiger partial charge in [0.25, 0.3) is 0 Å². The van der Waals surface area contributed by atoms with Gasteiger partial charge in [0, 0.05) is 11.3 Å². The van der Waals surface area contributed by atoms with Gasteiger partial charge in [0.1, 0.15) is 0 Å². The number of anilines is 2. The molecule has 0 unspecified atom stereocenters. The van der Waals surface area contributed by atoms with Gasteiger partial charge in [0.05, 0.1) is 5.75 Å². The number of ketones is 1. The van der Waals surface area contributed by atoms with Gasteiger partial charge >= 0.3 is 0 Å². The number of hydrogen-bond donors (Lipinski definition) is 1. The number of carbonyl (C=O) groups is 1. The molecule has 1 aromatic heterocycles. The smallest absolute Gasteiger partial charge is 0.210 e. The Kier molecular flexibility index (Phi) is 5.55. The van der Waals surface area contributed by atoms with Gasteiger partial charge in [-0.05, 0) is 61.4 Å². The van der Waals surface area contributed by atoms with Crippen LogP contribution < -0.4 is 5.32 Å². The predicted molar refractivity (Wildman–Crippen MR) is 113 cm³/mol. The maximum atomic E-state index is 12.6. The third-order valence-corrected chi connectivity index (χ3v) is 6.76. The molecule has 2 aromatic carbocycles. The van der Waals surface area contributed by atoms with E-state index in [1.54, 1.807) is 0 Å². The molecule has 6 heteroatoms. The average Bonchev–Trinajstić information content (AvgIpc) is 3.15. The SMILES string of the molecule is Cc1ccccc1Nc1nnc(SCC(=O)c2ccc3c(c2)CCCC3)s1. The summed E-state index contributed by atoms with van der Waals surface area (Å²) in [6.45, 7) is 2.05. The van der Waals surface area contributed by atoms with Gasteiger partial charge in [-0.15, -0.1) is 10.2 Å². The van der Waals surface area contributed by atoms with Crippen molar-refractivity contribution in [2.24, 2.45) is 0 Å². The molecule has 0 radical (unpaired) electrons. The molecule has 0 saturated carbocycles. The van der Waals surface area contributed by atoms with Crippen LogP contribution in [0.2, 0.25) is 0 Å². The van der Waals surface area contributed by atoms with E-state index < -0.39 is 0 Å². The van der Waals surface area contributed by atoms with Gasteiger partial charge in [-0.2, -0.15) is 0 Å². The number of rotatable bonds is 6. The van der Waals surface area contributed by atoms with E-state index >= 15 is 0 Å². The first-order chi connectivity index (χ1) is 13.2. The zero-order chi connectivity index (χ0) is 18.6. The highest BCUT2D eigenvalue weighted by Gasteiger charge is 2.14. The van der Waals surface area contributed by atoms with Gasteiger partial charge in [-0.25, -0.2) is 0 Å². The quantitative estimate of drug-likeness (QED) is 0.445. The number of nitrogens with zero attached hydrogens (tertiary/aromatic N) is 2. The molecular formula is C21H21N3OS2. The number of fused-ring (bicyclic) bond motifs is 1. The van der Waals surface area contributed by atoms with Crippen LogP contribution in [0, 0.1) is 6.92 Å². The average molecular weight is 396 g/mol. The molecule has 0 aliphatic heterocycles. The van der Waals surface area contributed by atoms with Gasteiger partial charge in [0.2, 0.25) is 5.13 Å². The van der Waals surface area contributed by atoms with Crippen molar-refractivity contribution in [2.45, 2.75) is 36.9 Å². The van der Waals surface area contributed by atoms with Gasteiger partial charge in [-0.1, -0.05) is 53.4 Å². The Morgan fingerprint density at radius 3 is 2.78 bits per heavy atom. The Labute approximate surface area is 167 Å². The van der Waals surface area contributed by atoms with Crippen molar-refractivity contribution < 1.29 is 4.79 Å². The van der Waals surface area contributed by atoms with Gasteiger partial charge < -0.3 is 5.32 Å². The molecule has 0 fully saturated rings. The largest absolute Gasteiger partial charge is 0.330 e. The highest BCUT2D eigenvalue weighted by atomic mass is 32.2. The Bertz CT molecular complexity index is 968. The highest BCUT2D eigenvalue weighted by Crippen LogP contribution is 2.29. The second-order valence-electron chi connectivity index (χ2n) is 6.72. The molecule has 0 saturated heterocycles. The fourth-order valence-corrected chi connectivity index (χ4v) is 4.92. The molecule has 27 heavy (non-hydrogen) atoms. The molecule has 1 aliphatic rings. The van der Waals surface area contributed by atoms with Crippen molar-refractivity contribution in [1.82, 2.24) is 10.2 Å². The summed E-state index contributed by atoms with van der Waals surface area (Å²) in [5.74, 6) is 0.537. The van der Waals surface area contributed by atoms with Crippen LogP contribution in [0.4, 0.5) is 10.8 Å². The predicted octanol–water partition coefficient (Wildman–Crippen LogP) is 5.44. The summed E-state index contributed by atoms with van der Waals surface area (Å²) in [6.07, 6.45) is 4.71. The van der Waals surface area contributed by atoms with E-state index in [1.807, 2.05) is 24.3 Å². The number of hydrogen-bond acceptors (Lipinski definition) is 6. The molecule has 1 heterocycles. The van der Waals surface area contributed by atoms with Crippen LogP contribution in [0.3, 0.4) is 0 Å². The fraction of sp³-hybridized carbons (Fsp3) is 0.286. The second-order valence-corrected chi connectivity index (χ2v) is 8.92. The van der Waals surface area contributed by atoms with E-state index in [4.69, 9.17) is 0 Å². The molecular weight excluding hydrogens is 374 g/mol. The Balaban J connectivity index is 1.37. The van der Waals surface area contributed by atoms with Gasteiger partial charge in [-0.3, -0.25) is 4.79 Å². The molecule has 0 spiro atoms. The minimum atomic E-state index is 0.150. The molecule has 1 aliphatic carbocycles. The molecule has 138 valence electrons. The zero-order valence-corrected chi connectivity index (χ0v) is 16.8. The minimum Gasteiger partial charge on any atom is -0.330 e. The van der Waals surface area contributed by atoms with Crippen molar-refractivity contribution in [2.75, 3.05) is 11.1 Å². The van der Waals surface area contributed by atoms with Crippen LogP contribution in [0.5, 0.6) is 0 Å². The van der Waals surface area contributed by atoms with Crippen molar-refractivity contribution in [3.05, 3.63) is 64.7 Å². The van der Waals surface area contributed by atoms with E-state index in [9.17, 15) is 4.79 Å². The van der Waals surface area contributed by atoms with E-state index in [1.165, 1.54) is 47.1 Å². The first kappa shape index (κ1) is 18.2. The number of nitrogens with one attached hydrogen (secondary N) is 1. The van der Waals surface area contributed by atoms with E-state index in [2.05, 4.69) is 40.6 Å².